The highest BCUT2D eigenvalue weighted by molar-refractivity contribution is 9.10. The second-order valence-corrected chi connectivity index (χ2v) is 7.26. The Morgan fingerprint density at radius 3 is 2.41 bits per heavy atom. The molecule has 0 aromatic heterocycles. The standard InChI is InChI=1S/C19H28BrN3O4/c1-2-3-4-5-12-21-19(26)16(10-11-17(24)23-27)22-18(25)13-14-6-8-15(20)9-7-14/h6-9,16,27H,2-5,10-13H2,1H3,(H,21,26)(H,22,25)(H,23,24)/t16-/m0/s1. The average molecular weight is 442 g/mol. The highest BCUT2D eigenvalue weighted by atomic mass is 79.9. The SMILES string of the molecule is CCCCCCNC(=O)[C@H](CCC(=O)NO)NC(=O)Cc1ccc(Br)cc1. The number of carbonyl (C=O) groups excluding carboxylic acids is 3. The van der Waals surface area contributed by atoms with Crippen LogP contribution in [-0.4, -0.2) is 35.5 Å². The molecule has 0 fully saturated rings. The molecule has 27 heavy (non-hydrogen) atoms. The van der Waals surface area contributed by atoms with Crippen molar-refractivity contribution >= 4 is 33.7 Å². The normalized spacial score (nSPS) is 11.5. The summed E-state index contributed by atoms with van der Waals surface area (Å²) in [5, 5.41) is 14.1. The van der Waals surface area contributed by atoms with Gasteiger partial charge in [0.25, 0.3) is 0 Å². The first-order chi connectivity index (χ1) is 13.0. The third-order valence-electron chi connectivity index (χ3n) is 4.04. The van der Waals surface area contributed by atoms with E-state index in [0.29, 0.717) is 6.54 Å². The number of rotatable bonds is 12. The first-order valence-electron chi connectivity index (χ1n) is 9.20. The van der Waals surface area contributed by atoms with Crippen molar-refractivity contribution < 1.29 is 19.6 Å². The predicted octanol–water partition coefficient (Wildman–Crippen LogP) is 2.46. The van der Waals surface area contributed by atoms with E-state index in [4.69, 9.17) is 5.21 Å². The number of halogens is 1. The smallest absolute Gasteiger partial charge is 0.243 e. The van der Waals surface area contributed by atoms with Crippen molar-refractivity contribution in [3.63, 3.8) is 0 Å². The van der Waals surface area contributed by atoms with Gasteiger partial charge in [0.05, 0.1) is 6.42 Å². The summed E-state index contributed by atoms with van der Waals surface area (Å²) in [4.78, 5) is 35.9. The lowest BCUT2D eigenvalue weighted by atomic mass is 10.1. The van der Waals surface area contributed by atoms with Crippen LogP contribution in [0.3, 0.4) is 0 Å². The number of benzene rings is 1. The largest absolute Gasteiger partial charge is 0.354 e. The number of nitrogens with one attached hydrogen (secondary N) is 3. The maximum atomic E-state index is 12.4. The van der Waals surface area contributed by atoms with E-state index in [1.165, 1.54) is 5.48 Å². The molecule has 0 unspecified atom stereocenters. The Balaban J connectivity index is 2.57. The molecular formula is C19H28BrN3O4. The molecule has 0 aliphatic rings. The molecule has 0 bridgehead atoms. The van der Waals surface area contributed by atoms with Gasteiger partial charge in [-0.15, -0.1) is 0 Å². The lowest BCUT2D eigenvalue weighted by molar-refractivity contribution is -0.131. The van der Waals surface area contributed by atoms with Crippen LogP contribution in [0.25, 0.3) is 0 Å². The summed E-state index contributed by atoms with van der Waals surface area (Å²) in [6.07, 6.45) is 4.31. The molecule has 0 radical (unpaired) electrons. The van der Waals surface area contributed by atoms with E-state index in [9.17, 15) is 14.4 Å². The van der Waals surface area contributed by atoms with Crippen LogP contribution < -0.4 is 16.1 Å². The molecule has 1 aromatic rings. The van der Waals surface area contributed by atoms with Gasteiger partial charge >= 0.3 is 0 Å². The first-order valence-corrected chi connectivity index (χ1v) is 10.00. The fourth-order valence-electron chi connectivity index (χ4n) is 2.52. The Morgan fingerprint density at radius 2 is 1.78 bits per heavy atom. The summed E-state index contributed by atoms with van der Waals surface area (Å²) in [5.41, 5.74) is 2.36. The number of carbonyl (C=O) groups is 3. The van der Waals surface area contributed by atoms with Crippen LogP contribution in [0, 0.1) is 0 Å². The van der Waals surface area contributed by atoms with Crippen molar-refractivity contribution in [1.82, 2.24) is 16.1 Å². The van der Waals surface area contributed by atoms with Gasteiger partial charge in [0, 0.05) is 17.4 Å². The monoisotopic (exact) mass is 441 g/mol. The summed E-state index contributed by atoms with van der Waals surface area (Å²) in [6, 6.07) is 6.51. The van der Waals surface area contributed by atoms with Crippen LogP contribution in [0.2, 0.25) is 0 Å². The minimum atomic E-state index is -0.823. The summed E-state index contributed by atoms with van der Waals surface area (Å²) in [6.45, 7) is 2.64. The molecule has 150 valence electrons. The number of hydrogen-bond acceptors (Lipinski definition) is 4. The van der Waals surface area contributed by atoms with Gasteiger partial charge in [-0.05, 0) is 30.5 Å². The zero-order chi connectivity index (χ0) is 20.1. The van der Waals surface area contributed by atoms with Gasteiger partial charge in [-0.3, -0.25) is 19.6 Å². The van der Waals surface area contributed by atoms with E-state index in [2.05, 4.69) is 33.5 Å². The lowest BCUT2D eigenvalue weighted by Crippen LogP contribution is -2.47. The zero-order valence-corrected chi connectivity index (χ0v) is 17.2. The van der Waals surface area contributed by atoms with Crippen LogP contribution in [0.1, 0.15) is 51.0 Å². The molecule has 1 rings (SSSR count). The molecule has 1 atom stereocenters. The van der Waals surface area contributed by atoms with Crippen molar-refractivity contribution in [2.75, 3.05) is 6.54 Å². The molecule has 0 saturated heterocycles. The third kappa shape index (κ3) is 10.1. The molecule has 4 N–H and O–H groups in total. The van der Waals surface area contributed by atoms with Gasteiger partial charge in [-0.1, -0.05) is 54.2 Å². The molecular weight excluding hydrogens is 414 g/mol. The molecule has 8 heteroatoms. The highest BCUT2D eigenvalue weighted by Gasteiger charge is 2.21. The van der Waals surface area contributed by atoms with Gasteiger partial charge in [-0.25, -0.2) is 5.48 Å². The van der Waals surface area contributed by atoms with E-state index in [1.807, 2.05) is 24.3 Å². The van der Waals surface area contributed by atoms with E-state index in [1.54, 1.807) is 0 Å². The van der Waals surface area contributed by atoms with Crippen LogP contribution >= 0.6 is 15.9 Å². The van der Waals surface area contributed by atoms with Gasteiger partial charge in [-0.2, -0.15) is 0 Å². The van der Waals surface area contributed by atoms with Crippen molar-refractivity contribution in [2.24, 2.45) is 0 Å². The van der Waals surface area contributed by atoms with Crippen LogP contribution in [0.15, 0.2) is 28.7 Å². The van der Waals surface area contributed by atoms with Gasteiger partial charge in [0.1, 0.15) is 6.04 Å². The Bertz CT molecular complexity index is 607. The molecule has 0 spiro atoms. The lowest BCUT2D eigenvalue weighted by Gasteiger charge is -2.18. The average Bonchev–Trinajstić information content (AvgIpc) is 2.66. The van der Waals surface area contributed by atoms with Crippen molar-refractivity contribution in [1.29, 1.82) is 0 Å². The van der Waals surface area contributed by atoms with Crippen molar-refractivity contribution in [3.8, 4) is 0 Å². The summed E-state index contributed by atoms with van der Waals surface area (Å²) in [5.74, 6) is -1.22. The number of hydrogen-bond donors (Lipinski definition) is 4. The summed E-state index contributed by atoms with van der Waals surface area (Å²) in [7, 11) is 0. The topological polar surface area (TPSA) is 108 Å². The summed E-state index contributed by atoms with van der Waals surface area (Å²) < 4.78 is 0.919. The quantitative estimate of drug-likeness (QED) is 0.227. The Morgan fingerprint density at radius 1 is 1.07 bits per heavy atom. The minimum Gasteiger partial charge on any atom is -0.354 e. The van der Waals surface area contributed by atoms with Gasteiger partial charge in [0.15, 0.2) is 0 Å². The number of amides is 3. The predicted molar refractivity (Wildman–Crippen MR) is 106 cm³/mol. The second-order valence-electron chi connectivity index (χ2n) is 6.35. The molecule has 1 aromatic carbocycles. The van der Waals surface area contributed by atoms with E-state index >= 15 is 0 Å². The Hall–Kier alpha value is -1.93. The molecule has 7 nitrogen and oxygen atoms in total. The molecule has 0 heterocycles. The third-order valence-corrected chi connectivity index (χ3v) is 4.57. The maximum Gasteiger partial charge on any atom is 0.243 e. The van der Waals surface area contributed by atoms with Gasteiger partial charge in [0.2, 0.25) is 17.7 Å². The fourth-order valence-corrected chi connectivity index (χ4v) is 2.78. The van der Waals surface area contributed by atoms with E-state index < -0.39 is 11.9 Å². The first kappa shape index (κ1) is 23.1. The van der Waals surface area contributed by atoms with Crippen LogP contribution in [0.5, 0.6) is 0 Å². The van der Waals surface area contributed by atoms with E-state index in [0.717, 1.165) is 35.7 Å². The molecule has 0 aliphatic heterocycles. The Kier molecular flexibility index (Phi) is 11.4. The molecule has 3 amide bonds. The maximum absolute atomic E-state index is 12.4. The zero-order valence-electron chi connectivity index (χ0n) is 15.6. The van der Waals surface area contributed by atoms with Gasteiger partial charge < -0.3 is 10.6 Å². The number of unbranched alkanes of at least 4 members (excludes halogenated alkanes) is 3. The molecule has 0 aliphatic carbocycles. The fraction of sp³-hybridized carbons (Fsp3) is 0.526. The second kappa shape index (κ2) is 13.3. The van der Waals surface area contributed by atoms with Crippen molar-refractivity contribution in [3.05, 3.63) is 34.3 Å². The molecule has 0 saturated carbocycles. The summed E-state index contributed by atoms with van der Waals surface area (Å²) >= 11 is 3.34. The van der Waals surface area contributed by atoms with Crippen molar-refractivity contribution in [2.45, 2.75) is 57.9 Å². The van der Waals surface area contributed by atoms with Crippen LogP contribution in [0.4, 0.5) is 0 Å². The highest BCUT2D eigenvalue weighted by Crippen LogP contribution is 2.11. The Labute approximate surface area is 168 Å². The minimum absolute atomic E-state index is 0.0665. The number of hydroxylamine groups is 1. The van der Waals surface area contributed by atoms with E-state index in [-0.39, 0.29) is 31.1 Å². The van der Waals surface area contributed by atoms with Crippen LogP contribution in [-0.2, 0) is 20.8 Å².